The van der Waals surface area contributed by atoms with Gasteiger partial charge in [0, 0.05) is 25.7 Å². The predicted octanol–water partition coefficient (Wildman–Crippen LogP) is 1.23. The molecule has 0 unspecified atom stereocenters. The third-order valence-electron chi connectivity index (χ3n) is 2.78. The number of halogens is 2. The lowest BCUT2D eigenvalue weighted by atomic mass is 10.3. The monoisotopic (exact) mass is 294 g/mol. The molecule has 1 fully saturated rings. The van der Waals surface area contributed by atoms with Crippen molar-refractivity contribution in [1.82, 2.24) is 9.62 Å². The van der Waals surface area contributed by atoms with Gasteiger partial charge in [-0.05, 0) is 31.2 Å². The smallest absolute Gasteiger partial charge is 0.243 e. The minimum atomic E-state index is -3.49. The number of piperazine rings is 1. The van der Waals surface area contributed by atoms with Crippen LogP contribution in [0.3, 0.4) is 0 Å². The van der Waals surface area contributed by atoms with Crippen molar-refractivity contribution >= 4 is 22.4 Å². The van der Waals surface area contributed by atoms with Crippen LogP contribution in [0.15, 0.2) is 29.2 Å². The van der Waals surface area contributed by atoms with E-state index in [0.717, 1.165) is 0 Å². The maximum atomic E-state index is 12.8. The van der Waals surface area contributed by atoms with Crippen LogP contribution in [-0.2, 0) is 10.0 Å². The molecule has 0 spiro atoms. The van der Waals surface area contributed by atoms with Gasteiger partial charge in [0.25, 0.3) is 0 Å². The van der Waals surface area contributed by atoms with Gasteiger partial charge in [-0.3, -0.25) is 0 Å². The van der Waals surface area contributed by atoms with Gasteiger partial charge in [0.1, 0.15) is 5.82 Å². The summed E-state index contributed by atoms with van der Waals surface area (Å²) in [5, 5.41) is 3.18. The van der Waals surface area contributed by atoms with Gasteiger partial charge in [0.05, 0.1) is 4.90 Å². The van der Waals surface area contributed by atoms with Gasteiger partial charge < -0.3 is 5.32 Å². The molecular weight excluding hydrogens is 279 g/mol. The van der Waals surface area contributed by atoms with Gasteiger partial charge in [-0.2, -0.15) is 4.31 Å². The SMILES string of the molecule is C[C@@H]1CN(S(=O)(=O)c2ccc(F)cc2)CCN1.Cl. The lowest BCUT2D eigenvalue weighted by molar-refractivity contribution is 0.310. The van der Waals surface area contributed by atoms with Crippen molar-refractivity contribution in [1.29, 1.82) is 0 Å². The van der Waals surface area contributed by atoms with Crippen LogP contribution >= 0.6 is 12.4 Å². The molecule has 1 N–H and O–H groups in total. The van der Waals surface area contributed by atoms with Crippen LogP contribution in [0.4, 0.5) is 4.39 Å². The summed E-state index contributed by atoms with van der Waals surface area (Å²) in [6.07, 6.45) is 0. The first-order valence-corrected chi connectivity index (χ1v) is 6.93. The largest absolute Gasteiger partial charge is 0.312 e. The third kappa shape index (κ3) is 3.20. The number of rotatable bonds is 2. The highest BCUT2D eigenvalue weighted by Gasteiger charge is 2.28. The van der Waals surface area contributed by atoms with E-state index in [2.05, 4.69) is 5.32 Å². The first kappa shape index (κ1) is 15.4. The Hall–Kier alpha value is -0.690. The van der Waals surface area contributed by atoms with Gasteiger partial charge in [0.2, 0.25) is 10.0 Å². The van der Waals surface area contributed by atoms with Crippen LogP contribution in [-0.4, -0.2) is 38.4 Å². The van der Waals surface area contributed by atoms with E-state index in [0.29, 0.717) is 19.6 Å². The zero-order valence-electron chi connectivity index (χ0n) is 9.97. The Labute approximate surface area is 113 Å². The van der Waals surface area contributed by atoms with E-state index in [1.807, 2.05) is 6.92 Å². The molecule has 0 bridgehead atoms. The zero-order valence-corrected chi connectivity index (χ0v) is 11.6. The van der Waals surface area contributed by atoms with E-state index < -0.39 is 15.8 Å². The molecule has 0 saturated carbocycles. The highest BCUT2D eigenvalue weighted by Crippen LogP contribution is 2.17. The van der Waals surface area contributed by atoms with Gasteiger partial charge in [-0.15, -0.1) is 12.4 Å². The van der Waals surface area contributed by atoms with Crippen molar-refractivity contribution < 1.29 is 12.8 Å². The normalized spacial score (nSPS) is 21.3. The molecule has 1 aromatic carbocycles. The summed E-state index contributed by atoms with van der Waals surface area (Å²) in [5.41, 5.74) is 0. The lowest BCUT2D eigenvalue weighted by Crippen LogP contribution is -2.51. The maximum absolute atomic E-state index is 12.8. The third-order valence-corrected chi connectivity index (χ3v) is 4.66. The van der Waals surface area contributed by atoms with E-state index in [1.54, 1.807) is 0 Å². The topological polar surface area (TPSA) is 49.4 Å². The summed E-state index contributed by atoms with van der Waals surface area (Å²) < 4.78 is 38.6. The Morgan fingerprint density at radius 1 is 1.33 bits per heavy atom. The quantitative estimate of drug-likeness (QED) is 0.892. The van der Waals surface area contributed by atoms with Crippen molar-refractivity contribution in [2.45, 2.75) is 17.9 Å². The molecule has 0 amide bonds. The molecule has 102 valence electrons. The molecular formula is C11H16ClFN2O2S. The highest BCUT2D eigenvalue weighted by molar-refractivity contribution is 7.89. The summed E-state index contributed by atoms with van der Waals surface area (Å²) in [7, 11) is -3.49. The van der Waals surface area contributed by atoms with Gasteiger partial charge in [0.15, 0.2) is 0 Å². The fourth-order valence-corrected chi connectivity index (χ4v) is 3.40. The number of benzene rings is 1. The molecule has 18 heavy (non-hydrogen) atoms. The Kier molecular flexibility index (Phi) is 5.10. The summed E-state index contributed by atoms with van der Waals surface area (Å²) in [6, 6.07) is 5.07. The fraction of sp³-hybridized carbons (Fsp3) is 0.455. The van der Waals surface area contributed by atoms with E-state index >= 15 is 0 Å². The van der Waals surface area contributed by atoms with Crippen molar-refractivity contribution in [3.63, 3.8) is 0 Å². The minimum absolute atomic E-state index is 0. The molecule has 0 radical (unpaired) electrons. The van der Waals surface area contributed by atoms with Crippen LogP contribution < -0.4 is 5.32 Å². The van der Waals surface area contributed by atoms with Gasteiger partial charge in [-0.1, -0.05) is 0 Å². The van der Waals surface area contributed by atoms with Crippen LogP contribution in [0, 0.1) is 5.82 Å². The van der Waals surface area contributed by atoms with E-state index in [1.165, 1.54) is 28.6 Å². The van der Waals surface area contributed by atoms with Crippen molar-refractivity contribution in [3.05, 3.63) is 30.1 Å². The molecule has 2 rings (SSSR count). The summed E-state index contributed by atoms with van der Waals surface area (Å²) in [6.45, 7) is 3.47. The van der Waals surface area contributed by atoms with Crippen molar-refractivity contribution in [2.75, 3.05) is 19.6 Å². The van der Waals surface area contributed by atoms with Crippen molar-refractivity contribution in [2.24, 2.45) is 0 Å². The molecule has 0 aromatic heterocycles. The highest BCUT2D eigenvalue weighted by atomic mass is 35.5. The maximum Gasteiger partial charge on any atom is 0.243 e. The van der Waals surface area contributed by atoms with Gasteiger partial charge in [-0.25, -0.2) is 12.8 Å². The Bertz CT molecular complexity index is 492. The summed E-state index contributed by atoms with van der Waals surface area (Å²) >= 11 is 0. The van der Waals surface area contributed by atoms with Crippen LogP contribution in [0.25, 0.3) is 0 Å². The lowest BCUT2D eigenvalue weighted by Gasteiger charge is -2.30. The minimum Gasteiger partial charge on any atom is -0.312 e. The number of hydrogen-bond acceptors (Lipinski definition) is 3. The Morgan fingerprint density at radius 2 is 1.94 bits per heavy atom. The Balaban J connectivity index is 0.00000162. The molecule has 1 atom stereocenters. The zero-order chi connectivity index (χ0) is 12.5. The average Bonchev–Trinajstić information content (AvgIpc) is 2.29. The van der Waals surface area contributed by atoms with E-state index in [4.69, 9.17) is 0 Å². The van der Waals surface area contributed by atoms with Crippen molar-refractivity contribution in [3.8, 4) is 0 Å². The molecule has 0 aliphatic carbocycles. The second kappa shape index (κ2) is 5.97. The average molecular weight is 295 g/mol. The Morgan fingerprint density at radius 3 is 2.50 bits per heavy atom. The number of hydrogen-bond donors (Lipinski definition) is 1. The summed E-state index contributed by atoms with van der Waals surface area (Å²) in [4.78, 5) is 0.146. The standard InChI is InChI=1S/C11H15FN2O2S.ClH/c1-9-8-14(7-6-13-9)17(15,16)11-4-2-10(12)3-5-11;/h2-5,9,13H,6-8H2,1H3;1H/t9-;/m1./s1. The first-order valence-electron chi connectivity index (χ1n) is 5.49. The van der Waals surface area contributed by atoms with Gasteiger partial charge >= 0.3 is 0 Å². The van der Waals surface area contributed by atoms with Crippen LogP contribution in [0.5, 0.6) is 0 Å². The second-order valence-corrected chi connectivity index (χ2v) is 6.11. The number of nitrogens with one attached hydrogen (secondary N) is 1. The fourth-order valence-electron chi connectivity index (χ4n) is 1.87. The molecule has 1 heterocycles. The number of nitrogens with zero attached hydrogens (tertiary/aromatic N) is 1. The van der Waals surface area contributed by atoms with E-state index in [-0.39, 0.29) is 23.3 Å². The van der Waals surface area contributed by atoms with Crippen LogP contribution in [0.1, 0.15) is 6.92 Å². The molecule has 7 heteroatoms. The van der Waals surface area contributed by atoms with Crippen LogP contribution in [0.2, 0.25) is 0 Å². The molecule has 1 saturated heterocycles. The summed E-state index contributed by atoms with van der Waals surface area (Å²) in [5.74, 6) is -0.433. The molecule has 4 nitrogen and oxygen atoms in total. The molecule has 1 aliphatic rings. The first-order chi connectivity index (χ1) is 8.00. The predicted molar refractivity (Wildman–Crippen MR) is 69.9 cm³/mol. The van der Waals surface area contributed by atoms with E-state index in [9.17, 15) is 12.8 Å². The second-order valence-electron chi connectivity index (χ2n) is 4.17. The molecule has 1 aliphatic heterocycles. The number of sulfonamides is 1. The molecule has 1 aromatic rings.